The van der Waals surface area contributed by atoms with Crippen LogP contribution < -0.4 is 0 Å². The lowest BCUT2D eigenvalue weighted by Crippen LogP contribution is -2.37. The third-order valence-corrected chi connectivity index (χ3v) is 12.3. The van der Waals surface area contributed by atoms with E-state index in [0.29, 0.717) is 56.0 Å². The molecular weight excluding hydrogens is 838 g/mol. The summed E-state index contributed by atoms with van der Waals surface area (Å²) in [5.74, 6) is -1.34. The van der Waals surface area contributed by atoms with E-state index in [1.807, 2.05) is 21.1 Å². The van der Waals surface area contributed by atoms with E-state index < -0.39 is 32.5 Å². The predicted molar refractivity (Wildman–Crippen MR) is 256 cm³/mol. The standard InChI is InChI=1S/C50H96NO12P/c1-8-12-16-18-20-26-34-44(32-14-10-3)61-48(53)37-29-23-22-28-36-47(52)58-42-46(43-60-64(56,57)59-41-40-51(5,6)7)63-50(55)39-31-25-24-30-38-49(54)62-45(33-15-11-4)35-27-21-19-17-13-9-2/h44-46H,8-43H2,1-7H3/p+1. The average molecular weight is 935 g/mol. The molecule has 0 aromatic carbocycles. The molecule has 14 heteroatoms. The van der Waals surface area contributed by atoms with Gasteiger partial charge >= 0.3 is 31.7 Å². The van der Waals surface area contributed by atoms with Gasteiger partial charge in [0.15, 0.2) is 6.10 Å². The van der Waals surface area contributed by atoms with Crippen molar-refractivity contribution >= 4 is 31.7 Å². The SMILES string of the molecule is CCCCCCCCC(CCCC)OC(=O)CCCCCCC(=O)OCC(COP(=O)(O)OCC[N+](C)(C)C)OC(=O)CCCCCCC(=O)OC(CCCC)CCCCCCCC. The van der Waals surface area contributed by atoms with E-state index in [9.17, 15) is 28.6 Å². The number of carbonyl (C=O) groups is 4. The molecular formula is C50H97NO12P+. The Kier molecular flexibility index (Phi) is 39.8. The smallest absolute Gasteiger partial charge is 0.462 e. The molecule has 0 saturated carbocycles. The Morgan fingerprint density at radius 3 is 1.19 bits per heavy atom. The summed E-state index contributed by atoms with van der Waals surface area (Å²) in [6.07, 6.45) is 27.7. The van der Waals surface area contributed by atoms with Crippen molar-refractivity contribution in [2.24, 2.45) is 0 Å². The molecule has 0 heterocycles. The number of hydrogen-bond donors (Lipinski definition) is 1. The maximum atomic E-state index is 12.8. The normalized spacial score (nSPS) is 14.1. The van der Waals surface area contributed by atoms with Crippen LogP contribution in [0.15, 0.2) is 0 Å². The number of carbonyl (C=O) groups excluding carboxylic acids is 4. The van der Waals surface area contributed by atoms with Crippen molar-refractivity contribution in [3.8, 4) is 0 Å². The van der Waals surface area contributed by atoms with Gasteiger partial charge in [0.2, 0.25) is 0 Å². The lowest BCUT2D eigenvalue weighted by Gasteiger charge is -2.24. The van der Waals surface area contributed by atoms with Crippen LogP contribution in [0.2, 0.25) is 0 Å². The fraction of sp³-hybridized carbons (Fsp3) is 0.920. The average Bonchev–Trinajstić information content (AvgIpc) is 3.24. The highest BCUT2D eigenvalue weighted by molar-refractivity contribution is 7.47. The van der Waals surface area contributed by atoms with Gasteiger partial charge in [-0.1, -0.05) is 143 Å². The zero-order valence-electron chi connectivity index (χ0n) is 42.0. The summed E-state index contributed by atoms with van der Waals surface area (Å²) in [5, 5.41) is 0. The molecule has 0 bridgehead atoms. The molecule has 13 nitrogen and oxygen atoms in total. The minimum Gasteiger partial charge on any atom is -0.462 e. The van der Waals surface area contributed by atoms with Crippen LogP contribution in [0.5, 0.6) is 0 Å². The minimum atomic E-state index is -4.46. The molecule has 0 aromatic heterocycles. The number of rotatable bonds is 46. The lowest BCUT2D eigenvalue weighted by atomic mass is 10.0. The Labute approximate surface area is 390 Å². The quantitative estimate of drug-likeness (QED) is 0.0202. The van der Waals surface area contributed by atoms with Crippen molar-refractivity contribution in [2.75, 3.05) is 47.5 Å². The van der Waals surface area contributed by atoms with Crippen molar-refractivity contribution in [1.82, 2.24) is 0 Å². The Bertz CT molecular complexity index is 1210. The molecule has 0 rings (SSSR count). The largest absolute Gasteiger partial charge is 0.472 e. The second-order valence-electron chi connectivity index (χ2n) is 18.9. The van der Waals surface area contributed by atoms with Gasteiger partial charge in [-0.15, -0.1) is 0 Å². The number of hydrogen-bond acceptors (Lipinski definition) is 11. The summed E-state index contributed by atoms with van der Waals surface area (Å²) < 4.78 is 46.0. The van der Waals surface area contributed by atoms with Crippen molar-refractivity contribution in [3.05, 3.63) is 0 Å². The van der Waals surface area contributed by atoms with Gasteiger partial charge in [-0.25, -0.2) is 4.57 Å². The second kappa shape index (κ2) is 41.2. The van der Waals surface area contributed by atoms with Crippen molar-refractivity contribution in [2.45, 2.75) is 251 Å². The fourth-order valence-corrected chi connectivity index (χ4v) is 7.97. The summed E-state index contributed by atoms with van der Waals surface area (Å²) in [5.41, 5.74) is 0. The predicted octanol–water partition coefficient (Wildman–Crippen LogP) is 12.7. The van der Waals surface area contributed by atoms with Gasteiger partial charge in [0, 0.05) is 25.7 Å². The molecule has 64 heavy (non-hydrogen) atoms. The monoisotopic (exact) mass is 935 g/mol. The Hall–Kier alpha value is -2.05. The second-order valence-corrected chi connectivity index (χ2v) is 20.3. The number of nitrogens with zero attached hydrogens (tertiary/aromatic N) is 1. The number of esters is 4. The first kappa shape index (κ1) is 62.0. The Balaban J connectivity index is 4.78. The summed E-state index contributed by atoms with van der Waals surface area (Å²) in [6.45, 7) is 8.34. The number of quaternary nitrogens is 1. The molecule has 4 atom stereocenters. The van der Waals surface area contributed by atoms with Gasteiger partial charge in [0.1, 0.15) is 32.0 Å². The summed E-state index contributed by atoms with van der Waals surface area (Å²) in [4.78, 5) is 61.0. The van der Waals surface area contributed by atoms with E-state index in [1.54, 1.807) is 0 Å². The van der Waals surface area contributed by atoms with Crippen molar-refractivity contribution in [3.63, 3.8) is 0 Å². The summed E-state index contributed by atoms with van der Waals surface area (Å²) >= 11 is 0. The van der Waals surface area contributed by atoms with E-state index in [1.165, 1.54) is 64.2 Å². The van der Waals surface area contributed by atoms with E-state index in [2.05, 4.69) is 27.7 Å². The van der Waals surface area contributed by atoms with Gasteiger partial charge in [-0.3, -0.25) is 28.2 Å². The third-order valence-electron chi connectivity index (χ3n) is 11.3. The third kappa shape index (κ3) is 41.4. The van der Waals surface area contributed by atoms with Gasteiger partial charge < -0.3 is 28.3 Å². The first-order chi connectivity index (χ1) is 30.6. The topological polar surface area (TPSA) is 161 Å². The molecule has 0 aromatic rings. The summed E-state index contributed by atoms with van der Waals surface area (Å²) in [6, 6.07) is 0. The van der Waals surface area contributed by atoms with E-state index in [0.717, 1.165) is 83.5 Å². The first-order valence-corrected chi connectivity index (χ1v) is 27.3. The minimum absolute atomic E-state index is 0.00646. The van der Waals surface area contributed by atoms with E-state index >= 15 is 0 Å². The highest BCUT2D eigenvalue weighted by atomic mass is 31.2. The molecule has 0 radical (unpaired) electrons. The van der Waals surface area contributed by atoms with Crippen LogP contribution in [-0.4, -0.2) is 99.1 Å². The Morgan fingerprint density at radius 1 is 0.438 bits per heavy atom. The molecule has 0 aliphatic heterocycles. The van der Waals surface area contributed by atoms with Crippen LogP contribution >= 0.6 is 7.82 Å². The highest BCUT2D eigenvalue weighted by Gasteiger charge is 2.27. The van der Waals surface area contributed by atoms with E-state index in [-0.39, 0.29) is 50.2 Å². The number of likely N-dealkylation sites (N-methyl/N-ethyl adjacent to an activating group) is 1. The van der Waals surface area contributed by atoms with Crippen LogP contribution in [-0.2, 0) is 51.7 Å². The fourth-order valence-electron chi connectivity index (χ4n) is 7.23. The maximum Gasteiger partial charge on any atom is 0.472 e. The molecule has 0 amide bonds. The van der Waals surface area contributed by atoms with Crippen LogP contribution in [0.3, 0.4) is 0 Å². The molecule has 0 fully saturated rings. The van der Waals surface area contributed by atoms with Crippen molar-refractivity contribution in [1.29, 1.82) is 0 Å². The number of phosphoric acid groups is 1. The first-order valence-electron chi connectivity index (χ1n) is 25.8. The van der Waals surface area contributed by atoms with Crippen LogP contribution in [0.1, 0.15) is 233 Å². The zero-order valence-corrected chi connectivity index (χ0v) is 42.9. The number of unbranched alkanes of at least 4 members (excludes halogenated alkanes) is 18. The molecule has 0 aliphatic rings. The van der Waals surface area contributed by atoms with Crippen molar-refractivity contribution < 1.29 is 61.1 Å². The van der Waals surface area contributed by atoms with Gasteiger partial charge in [0.05, 0.1) is 27.7 Å². The number of ether oxygens (including phenoxy) is 4. The van der Waals surface area contributed by atoms with Gasteiger partial charge in [-0.2, -0.15) is 0 Å². The van der Waals surface area contributed by atoms with Crippen LogP contribution in [0, 0.1) is 0 Å². The van der Waals surface area contributed by atoms with Crippen LogP contribution in [0.25, 0.3) is 0 Å². The maximum absolute atomic E-state index is 12.8. The Morgan fingerprint density at radius 2 is 0.781 bits per heavy atom. The van der Waals surface area contributed by atoms with E-state index in [4.69, 9.17) is 28.0 Å². The highest BCUT2D eigenvalue weighted by Crippen LogP contribution is 2.43. The molecule has 0 aliphatic carbocycles. The molecule has 0 spiro atoms. The van der Waals surface area contributed by atoms with Gasteiger partial charge in [-0.05, 0) is 64.2 Å². The zero-order chi connectivity index (χ0) is 47.7. The molecule has 4 unspecified atom stereocenters. The van der Waals surface area contributed by atoms with Gasteiger partial charge in [0.25, 0.3) is 0 Å². The molecule has 378 valence electrons. The number of phosphoric ester groups is 1. The molecule has 0 saturated heterocycles. The van der Waals surface area contributed by atoms with Crippen LogP contribution in [0.4, 0.5) is 0 Å². The summed E-state index contributed by atoms with van der Waals surface area (Å²) in [7, 11) is 1.30. The lowest BCUT2D eigenvalue weighted by molar-refractivity contribution is -0.870. The molecule has 1 N–H and O–H groups in total.